The molecule has 0 fully saturated rings. The number of nitrogens with zero attached hydrogens (tertiary/aromatic N) is 1. The van der Waals surface area contributed by atoms with Crippen LogP contribution in [0.15, 0.2) is 42.6 Å². The Morgan fingerprint density at radius 2 is 1.54 bits per heavy atom. The number of nitrogens with one attached hydrogen (secondary N) is 1. The summed E-state index contributed by atoms with van der Waals surface area (Å²) in [5, 5.41) is 14.1. The van der Waals surface area contributed by atoms with Gasteiger partial charge in [0.1, 0.15) is 5.82 Å². The molecule has 148 valence electrons. The third kappa shape index (κ3) is 6.00. The number of amides is 1. The zero-order valence-electron chi connectivity index (χ0n) is 17.3. The van der Waals surface area contributed by atoms with Gasteiger partial charge in [0.15, 0.2) is 0 Å². The zero-order chi connectivity index (χ0) is 21.1. The Labute approximate surface area is 168 Å². The third-order valence-electron chi connectivity index (χ3n) is 4.37. The Hall–Kier alpha value is -2.52. The van der Waals surface area contributed by atoms with E-state index in [0.29, 0.717) is 16.9 Å². The van der Waals surface area contributed by atoms with Crippen LogP contribution in [0.4, 0.5) is 5.82 Å². The highest BCUT2D eigenvalue weighted by molar-refractivity contribution is 6.91. The van der Waals surface area contributed by atoms with Gasteiger partial charge in [-0.3, -0.25) is 4.79 Å². The summed E-state index contributed by atoms with van der Waals surface area (Å²) in [6, 6.07) is 9.69. The van der Waals surface area contributed by atoms with E-state index < -0.39 is 22.1 Å². The second-order valence-electron chi connectivity index (χ2n) is 8.90. The average molecular weight is 413 g/mol. The fourth-order valence-corrected chi connectivity index (χ4v) is 5.06. The van der Waals surface area contributed by atoms with Gasteiger partial charge in [-0.25, -0.2) is 9.78 Å². The number of hydrogen-bond acceptors (Lipinski definition) is 3. The predicted octanol–water partition coefficient (Wildman–Crippen LogP) is 3.52. The molecule has 1 aromatic carbocycles. The lowest BCUT2D eigenvalue weighted by Crippen LogP contribution is -2.46. The number of carbonyl (C=O) groups excluding carboxylic acids is 1. The summed E-state index contributed by atoms with van der Waals surface area (Å²) >= 11 is 0. The van der Waals surface area contributed by atoms with Gasteiger partial charge in [0.25, 0.3) is 5.91 Å². The predicted molar refractivity (Wildman–Crippen MR) is 121 cm³/mol. The van der Waals surface area contributed by atoms with Crippen LogP contribution in [0.2, 0.25) is 39.3 Å². The lowest BCUT2D eigenvalue weighted by Gasteiger charge is -2.24. The summed E-state index contributed by atoms with van der Waals surface area (Å²) in [6.07, 6.45) is 4.04. The Bertz CT molecular complexity index is 876. The normalized spacial score (nSPS) is 12.2. The van der Waals surface area contributed by atoms with E-state index in [9.17, 15) is 9.59 Å². The number of carboxylic acids is 1. The molecule has 1 amide bonds. The van der Waals surface area contributed by atoms with Crippen LogP contribution < -0.4 is 15.7 Å². The van der Waals surface area contributed by atoms with Gasteiger partial charge in [-0.1, -0.05) is 67.9 Å². The first kappa shape index (κ1) is 21.8. The van der Waals surface area contributed by atoms with Gasteiger partial charge >= 0.3 is 5.97 Å². The number of aromatic nitrogens is 1. The molecule has 0 atom stereocenters. The van der Waals surface area contributed by atoms with Crippen molar-refractivity contribution < 1.29 is 14.7 Å². The van der Waals surface area contributed by atoms with Gasteiger partial charge in [-0.15, -0.1) is 0 Å². The molecule has 0 aliphatic heterocycles. The molecular weight excluding hydrogens is 384 g/mol. The molecule has 1 heterocycles. The first-order chi connectivity index (χ1) is 12.9. The topological polar surface area (TPSA) is 79.3 Å². The van der Waals surface area contributed by atoms with Crippen molar-refractivity contribution in [2.24, 2.45) is 0 Å². The van der Waals surface area contributed by atoms with Crippen LogP contribution in [0.25, 0.3) is 6.08 Å². The van der Waals surface area contributed by atoms with Gasteiger partial charge < -0.3 is 10.4 Å². The third-order valence-corrected chi connectivity index (χ3v) is 8.42. The number of carbonyl (C=O) groups is 2. The standard InChI is InChI=1S/C21H28N2O3Si2/c1-27(2,3)17-11-16(12-18(13-17)28(4,5)6)21(26)23-19-9-7-15(14-22-19)8-10-20(24)25/h7-14H,1-6H3,(H,24,25)(H,22,23,26). The quantitative estimate of drug-likeness (QED) is 0.562. The Balaban J connectivity index is 2.29. The van der Waals surface area contributed by atoms with E-state index in [1.807, 2.05) is 12.1 Å². The number of anilines is 1. The maximum atomic E-state index is 12.9. The second kappa shape index (κ2) is 8.24. The maximum absolute atomic E-state index is 12.9. The van der Waals surface area contributed by atoms with Crippen LogP contribution in [0.5, 0.6) is 0 Å². The van der Waals surface area contributed by atoms with Crippen molar-refractivity contribution in [3.8, 4) is 0 Å². The fraction of sp³-hybridized carbons (Fsp3) is 0.286. The molecule has 2 N–H and O–H groups in total. The lowest BCUT2D eigenvalue weighted by atomic mass is 10.2. The number of aliphatic carboxylic acids is 1. The molecule has 28 heavy (non-hydrogen) atoms. The fourth-order valence-electron chi connectivity index (χ4n) is 2.56. The van der Waals surface area contributed by atoms with Crippen molar-refractivity contribution in [3.63, 3.8) is 0 Å². The first-order valence-corrected chi connectivity index (χ1v) is 16.2. The maximum Gasteiger partial charge on any atom is 0.328 e. The van der Waals surface area contributed by atoms with E-state index in [2.05, 4.69) is 55.6 Å². The summed E-state index contributed by atoms with van der Waals surface area (Å²) in [6.45, 7) is 13.7. The largest absolute Gasteiger partial charge is 0.478 e. The Kier molecular flexibility index (Phi) is 6.41. The first-order valence-electron chi connectivity index (χ1n) is 9.21. The molecule has 0 saturated carbocycles. The molecule has 0 spiro atoms. The van der Waals surface area contributed by atoms with Crippen molar-refractivity contribution in [2.75, 3.05) is 5.32 Å². The van der Waals surface area contributed by atoms with Crippen molar-refractivity contribution in [1.82, 2.24) is 4.98 Å². The molecule has 0 radical (unpaired) electrons. The minimum Gasteiger partial charge on any atom is -0.478 e. The summed E-state index contributed by atoms with van der Waals surface area (Å²) < 4.78 is 0. The van der Waals surface area contributed by atoms with E-state index in [1.165, 1.54) is 22.6 Å². The molecule has 0 saturated heterocycles. The smallest absolute Gasteiger partial charge is 0.328 e. The van der Waals surface area contributed by atoms with E-state index in [4.69, 9.17) is 5.11 Å². The van der Waals surface area contributed by atoms with Gasteiger partial charge in [0.05, 0.1) is 16.1 Å². The summed E-state index contributed by atoms with van der Waals surface area (Å²) in [4.78, 5) is 27.6. The van der Waals surface area contributed by atoms with E-state index >= 15 is 0 Å². The highest BCUT2D eigenvalue weighted by Gasteiger charge is 2.24. The molecule has 0 aliphatic carbocycles. The number of pyridine rings is 1. The van der Waals surface area contributed by atoms with Crippen LogP contribution in [-0.2, 0) is 4.79 Å². The Morgan fingerprint density at radius 3 is 1.96 bits per heavy atom. The number of benzene rings is 1. The summed E-state index contributed by atoms with van der Waals surface area (Å²) in [7, 11) is -3.14. The molecule has 0 bridgehead atoms. The second-order valence-corrected chi connectivity index (χ2v) is 19.1. The van der Waals surface area contributed by atoms with Gasteiger partial charge in [0.2, 0.25) is 0 Å². The number of rotatable bonds is 6. The van der Waals surface area contributed by atoms with Gasteiger partial charge in [-0.05, 0) is 23.8 Å². The molecule has 0 unspecified atom stereocenters. The van der Waals surface area contributed by atoms with E-state index in [1.54, 1.807) is 12.1 Å². The summed E-state index contributed by atoms with van der Waals surface area (Å²) in [5.41, 5.74) is 1.32. The Morgan fingerprint density at radius 1 is 0.964 bits per heavy atom. The molecule has 0 aliphatic rings. The van der Waals surface area contributed by atoms with Gasteiger partial charge in [-0.2, -0.15) is 0 Å². The number of hydrogen-bond donors (Lipinski definition) is 2. The van der Waals surface area contributed by atoms with E-state index in [-0.39, 0.29) is 5.91 Å². The summed E-state index contributed by atoms with van der Waals surface area (Å²) in [5.74, 6) is -0.760. The van der Waals surface area contributed by atoms with Crippen molar-refractivity contribution in [1.29, 1.82) is 0 Å². The average Bonchev–Trinajstić information content (AvgIpc) is 2.59. The SMILES string of the molecule is C[Si](C)(C)c1cc(C(=O)Nc2ccc(C=CC(=O)O)cn2)cc([Si](C)(C)C)c1. The molecule has 2 rings (SSSR count). The molecular formula is C21H28N2O3Si2. The van der Waals surface area contributed by atoms with Crippen LogP contribution in [0.3, 0.4) is 0 Å². The molecule has 5 nitrogen and oxygen atoms in total. The van der Waals surface area contributed by atoms with Crippen molar-refractivity contribution >= 4 is 50.3 Å². The highest BCUT2D eigenvalue weighted by atomic mass is 28.3. The molecule has 1 aromatic heterocycles. The molecule has 7 heteroatoms. The van der Waals surface area contributed by atoms with Crippen LogP contribution in [-0.4, -0.2) is 38.1 Å². The van der Waals surface area contributed by atoms with Crippen molar-refractivity contribution in [3.05, 3.63) is 53.7 Å². The van der Waals surface area contributed by atoms with Crippen molar-refractivity contribution in [2.45, 2.75) is 39.3 Å². The van der Waals surface area contributed by atoms with Gasteiger partial charge in [0, 0.05) is 17.8 Å². The monoisotopic (exact) mass is 412 g/mol. The minimum atomic E-state index is -1.57. The van der Waals surface area contributed by atoms with Crippen LogP contribution in [0.1, 0.15) is 15.9 Å². The highest BCUT2D eigenvalue weighted by Crippen LogP contribution is 2.12. The van der Waals surface area contributed by atoms with Crippen LogP contribution >= 0.6 is 0 Å². The van der Waals surface area contributed by atoms with Crippen LogP contribution in [0, 0.1) is 0 Å². The minimum absolute atomic E-state index is 0.180. The number of carboxylic acid groups (broad SMARTS) is 1. The zero-order valence-corrected chi connectivity index (χ0v) is 19.3. The molecule has 2 aromatic rings. The van der Waals surface area contributed by atoms with E-state index in [0.717, 1.165) is 6.08 Å². The lowest BCUT2D eigenvalue weighted by molar-refractivity contribution is -0.131.